The van der Waals surface area contributed by atoms with E-state index >= 15 is 0 Å². The number of carbonyl (C=O) groups is 2. The molecule has 2 aromatic heterocycles. The van der Waals surface area contributed by atoms with Crippen LogP contribution in [0.4, 0.5) is 5.82 Å². The fourth-order valence-electron chi connectivity index (χ4n) is 4.64. The van der Waals surface area contributed by atoms with Gasteiger partial charge in [0.25, 0.3) is 0 Å². The zero-order valence-corrected chi connectivity index (χ0v) is 23.3. The van der Waals surface area contributed by atoms with Crippen LogP contribution < -0.4 is 10.2 Å². The van der Waals surface area contributed by atoms with Crippen molar-refractivity contribution in [3.05, 3.63) is 87.6 Å². The molecule has 0 aliphatic carbocycles. The quantitative estimate of drug-likeness (QED) is 0.310. The maximum Gasteiger partial charge on any atom is 0.240 e. The van der Waals surface area contributed by atoms with E-state index in [1.54, 1.807) is 35.1 Å². The van der Waals surface area contributed by atoms with Gasteiger partial charge in [-0.05, 0) is 53.4 Å². The number of carbonyl (C=O) groups excluding carboxylic acids is 2. The zero-order chi connectivity index (χ0) is 26.6. The Bertz CT molecular complexity index is 1430. The van der Waals surface area contributed by atoms with Crippen LogP contribution in [0, 0.1) is 13.8 Å². The molecular weight excluding hydrogens is 516 g/mol. The lowest BCUT2D eigenvalue weighted by Gasteiger charge is -2.24. The smallest absolute Gasteiger partial charge is 0.240 e. The summed E-state index contributed by atoms with van der Waals surface area (Å²) in [7, 11) is 1.59. The molecule has 38 heavy (non-hydrogen) atoms. The first-order chi connectivity index (χ1) is 18.5. The Morgan fingerprint density at radius 1 is 1.13 bits per heavy atom. The van der Waals surface area contributed by atoms with Crippen LogP contribution in [0.2, 0.25) is 0 Å². The predicted molar refractivity (Wildman–Crippen MR) is 154 cm³/mol. The molecule has 0 fully saturated rings. The number of hydrogen-bond acceptors (Lipinski definition) is 6. The van der Waals surface area contributed by atoms with Gasteiger partial charge in [-0.2, -0.15) is 16.4 Å². The fourth-order valence-corrected chi connectivity index (χ4v) is 6.60. The molecule has 1 N–H and O–H groups in total. The molecular formula is C29H30N4O3S2. The zero-order valence-electron chi connectivity index (χ0n) is 21.6. The summed E-state index contributed by atoms with van der Waals surface area (Å²) in [6.07, 6.45) is 0. The van der Waals surface area contributed by atoms with Crippen LogP contribution in [-0.4, -0.2) is 54.2 Å². The number of thiophene rings is 1. The summed E-state index contributed by atoms with van der Waals surface area (Å²) in [5.74, 6) is 0.532. The first-order valence-corrected chi connectivity index (χ1v) is 14.4. The summed E-state index contributed by atoms with van der Waals surface area (Å²) in [5, 5.41) is 12.1. The minimum atomic E-state index is -0.240. The van der Waals surface area contributed by atoms with Crippen LogP contribution >= 0.6 is 23.1 Å². The van der Waals surface area contributed by atoms with Crippen molar-refractivity contribution >= 4 is 40.7 Å². The van der Waals surface area contributed by atoms with E-state index in [1.165, 1.54) is 0 Å². The molecule has 5 rings (SSSR count). The molecule has 1 aliphatic heterocycles. The van der Waals surface area contributed by atoms with Crippen LogP contribution in [0.1, 0.15) is 27.5 Å². The average molecular weight is 547 g/mol. The lowest BCUT2D eigenvalue weighted by molar-refractivity contribution is -0.123. The molecule has 0 saturated heterocycles. The van der Waals surface area contributed by atoms with Crippen LogP contribution in [0.25, 0.3) is 16.9 Å². The average Bonchev–Trinajstić information content (AvgIpc) is 3.56. The number of thioether (sulfide) groups is 1. The number of anilines is 1. The van der Waals surface area contributed by atoms with Gasteiger partial charge >= 0.3 is 0 Å². The van der Waals surface area contributed by atoms with Gasteiger partial charge in [-0.15, -0.1) is 11.8 Å². The highest BCUT2D eigenvalue weighted by Crippen LogP contribution is 2.49. The monoisotopic (exact) mass is 546 g/mol. The van der Waals surface area contributed by atoms with Gasteiger partial charge in [0.1, 0.15) is 12.4 Å². The van der Waals surface area contributed by atoms with Crippen molar-refractivity contribution in [3.8, 4) is 16.9 Å². The number of nitrogens with one attached hydrogen (secondary N) is 1. The highest BCUT2D eigenvalue weighted by molar-refractivity contribution is 8.00. The van der Waals surface area contributed by atoms with Gasteiger partial charge < -0.3 is 10.1 Å². The Kier molecular flexibility index (Phi) is 7.97. The highest BCUT2D eigenvalue weighted by atomic mass is 32.2. The van der Waals surface area contributed by atoms with Crippen molar-refractivity contribution < 1.29 is 14.3 Å². The second-order valence-corrected chi connectivity index (χ2v) is 11.0. The maximum atomic E-state index is 13.7. The van der Waals surface area contributed by atoms with Gasteiger partial charge in [-0.25, -0.2) is 4.68 Å². The third-order valence-electron chi connectivity index (χ3n) is 6.72. The number of ether oxygens (including phenoxy) is 1. The van der Waals surface area contributed by atoms with E-state index in [2.05, 4.69) is 42.1 Å². The Morgan fingerprint density at radius 3 is 2.68 bits per heavy atom. The molecule has 0 saturated carbocycles. The number of methoxy groups -OCH3 is 1. The van der Waals surface area contributed by atoms with Crippen LogP contribution in [-0.2, 0) is 14.3 Å². The van der Waals surface area contributed by atoms with Crippen LogP contribution in [0.15, 0.2) is 65.4 Å². The van der Waals surface area contributed by atoms with E-state index in [1.807, 2.05) is 47.1 Å². The molecule has 0 radical (unpaired) electrons. The summed E-state index contributed by atoms with van der Waals surface area (Å²) in [4.78, 5) is 28.3. The molecule has 2 aromatic carbocycles. The molecule has 0 spiro atoms. The minimum Gasteiger partial charge on any atom is -0.383 e. The maximum absolute atomic E-state index is 13.7. The predicted octanol–water partition coefficient (Wildman–Crippen LogP) is 5.15. The third-order valence-corrected chi connectivity index (χ3v) is 8.67. The van der Waals surface area contributed by atoms with Crippen molar-refractivity contribution in [3.63, 3.8) is 0 Å². The number of aryl methyl sites for hydroxylation is 1. The van der Waals surface area contributed by atoms with Crippen molar-refractivity contribution in [2.24, 2.45) is 0 Å². The minimum absolute atomic E-state index is 0.0999. The lowest BCUT2D eigenvalue weighted by Crippen LogP contribution is -2.43. The van der Waals surface area contributed by atoms with Crippen molar-refractivity contribution in [1.82, 2.24) is 15.1 Å². The van der Waals surface area contributed by atoms with Crippen LogP contribution in [0.3, 0.4) is 0 Å². The molecule has 3 heterocycles. The SMILES string of the molecule is COCCNC(=O)CN1C(=O)CS[C@@H](c2ccsc2)c2c(-c3ccccc3)nn(-c3cccc(C)c3C)c21. The summed E-state index contributed by atoms with van der Waals surface area (Å²) in [6, 6.07) is 18.2. The van der Waals surface area contributed by atoms with E-state index in [9.17, 15) is 9.59 Å². The normalized spacial score (nSPS) is 15.3. The van der Waals surface area contributed by atoms with Crippen LogP contribution in [0.5, 0.6) is 0 Å². The standard InChI is InChI=1S/C29H30N4O3S2/c1-19-8-7-11-23(20(19)2)33-29-26(27(31-33)21-9-5-4-6-10-21)28(22-12-15-37-17-22)38-18-25(35)32(29)16-24(34)30-13-14-36-3/h4-12,15,17,28H,13-14,16,18H2,1-3H3,(H,30,34)/t28-/m0/s1. The Morgan fingerprint density at radius 2 is 1.95 bits per heavy atom. The summed E-state index contributed by atoms with van der Waals surface area (Å²) < 4.78 is 6.94. The second-order valence-electron chi connectivity index (χ2n) is 9.15. The van der Waals surface area contributed by atoms with Gasteiger partial charge in [-0.1, -0.05) is 42.5 Å². The van der Waals surface area contributed by atoms with E-state index in [-0.39, 0.29) is 29.4 Å². The van der Waals surface area contributed by atoms with Gasteiger partial charge in [0.15, 0.2) is 0 Å². The second kappa shape index (κ2) is 11.6. The van der Waals surface area contributed by atoms with Crippen molar-refractivity contribution in [1.29, 1.82) is 0 Å². The number of amides is 2. The van der Waals surface area contributed by atoms with Gasteiger partial charge in [0.2, 0.25) is 11.8 Å². The summed E-state index contributed by atoms with van der Waals surface area (Å²) in [5.41, 5.74) is 6.92. The number of rotatable bonds is 8. The Balaban J connectivity index is 1.76. The van der Waals surface area contributed by atoms with Crippen molar-refractivity contribution in [2.75, 3.05) is 37.5 Å². The molecule has 2 amide bonds. The van der Waals surface area contributed by atoms with E-state index in [4.69, 9.17) is 9.84 Å². The topological polar surface area (TPSA) is 76.5 Å². The number of fused-ring (bicyclic) bond motifs is 1. The molecule has 4 aromatic rings. The van der Waals surface area contributed by atoms with Gasteiger partial charge in [0, 0.05) is 24.8 Å². The molecule has 1 aliphatic rings. The summed E-state index contributed by atoms with van der Waals surface area (Å²) >= 11 is 3.21. The first-order valence-electron chi connectivity index (χ1n) is 12.4. The Labute approximate surface area is 230 Å². The highest BCUT2D eigenvalue weighted by Gasteiger charge is 2.38. The Hall–Kier alpha value is -3.40. The molecule has 0 unspecified atom stereocenters. The molecule has 1 atom stereocenters. The lowest BCUT2D eigenvalue weighted by atomic mass is 10.0. The number of aromatic nitrogens is 2. The number of benzene rings is 2. The number of nitrogens with zero attached hydrogens (tertiary/aromatic N) is 3. The molecule has 196 valence electrons. The molecule has 7 nitrogen and oxygen atoms in total. The van der Waals surface area contributed by atoms with Gasteiger partial charge in [0.05, 0.1) is 29.0 Å². The molecule has 0 bridgehead atoms. The fraction of sp³-hybridized carbons (Fsp3) is 0.276. The third kappa shape index (κ3) is 5.14. The first kappa shape index (κ1) is 26.2. The summed E-state index contributed by atoms with van der Waals surface area (Å²) in [6.45, 7) is 4.81. The van der Waals surface area contributed by atoms with Gasteiger partial charge in [-0.3, -0.25) is 14.5 Å². The molecule has 9 heteroatoms. The largest absolute Gasteiger partial charge is 0.383 e. The van der Waals surface area contributed by atoms with Crippen molar-refractivity contribution in [2.45, 2.75) is 19.1 Å². The van der Waals surface area contributed by atoms with E-state index in [0.717, 1.165) is 39.2 Å². The number of hydrogen-bond donors (Lipinski definition) is 1. The van der Waals surface area contributed by atoms with E-state index < -0.39 is 0 Å². The van der Waals surface area contributed by atoms with E-state index in [0.29, 0.717) is 19.0 Å².